The molecule has 0 radical (unpaired) electrons. The molecule has 1 aliphatic carbocycles. The maximum absolute atomic E-state index is 12.5. The molecule has 5 nitrogen and oxygen atoms in total. The van der Waals surface area contributed by atoms with E-state index < -0.39 is 10.0 Å². The molecule has 0 bridgehead atoms. The fourth-order valence-corrected chi connectivity index (χ4v) is 4.52. The van der Waals surface area contributed by atoms with Gasteiger partial charge >= 0.3 is 0 Å². The smallest absolute Gasteiger partial charge is 0.244 e. The average Bonchev–Trinajstić information content (AvgIpc) is 2.49. The minimum atomic E-state index is -3.51. The molecular formula is C15H25N3O2S. The third-order valence-electron chi connectivity index (χ3n) is 4.21. The van der Waals surface area contributed by atoms with E-state index in [0.29, 0.717) is 5.69 Å². The summed E-state index contributed by atoms with van der Waals surface area (Å²) in [6, 6.07) is 1.72. The van der Waals surface area contributed by atoms with E-state index in [1.165, 1.54) is 19.0 Å². The number of pyridine rings is 1. The van der Waals surface area contributed by atoms with Gasteiger partial charge in [0.1, 0.15) is 4.90 Å². The summed E-state index contributed by atoms with van der Waals surface area (Å²) >= 11 is 0. The van der Waals surface area contributed by atoms with Gasteiger partial charge in [0.25, 0.3) is 0 Å². The Kier molecular flexibility index (Phi) is 5.58. The van der Waals surface area contributed by atoms with Gasteiger partial charge in [-0.15, -0.1) is 0 Å². The van der Waals surface area contributed by atoms with E-state index in [0.717, 1.165) is 31.6 Å². The molecule has 6 heteroatoms. The first kappa shape index (κ1) is 16.2. The van der Waals surface area contributed by atoms with Crippen LogP contribution >= 0.6 is 0 Å². The number of aromatic nitrogens is 1. The number of hydrogen-bond donors (Lipinski definition) is 2. The van der Waals surface area contributed by atoms with Crippen molar-refractivity contribution in [2.45, 2.75) is 56.4 Å². The Morgan fingerprint density at radius 3 is 2.62 bits per heavy atom. The molecule has 1 heterocycles. The maximum Gasteiger partial charge on any atom is 0.244 e. The van der Waals surface area contributed by atoms with Crippen LogP contribution in [0.25, 0.3) is 0 Å². The van der Waals surface area contributed by atoms with Crippen LogP contribution in [0.1, 0.15) is 45.4 Å². The van der Waals surface area contributed by atoms with Gasteiger partial charge in [0.05, 0.1) is 5.69 Å². The van der Waals surface area contributed by atoms with Crippen LogP contribution in [0.15, 0.2) is 23.4 Å². The number of anilines is 1. The van der Waals surface area contributed by atoms with Crippen molar-refractivity contribution in [3.8, 4) is 0 Å². The fraction of sp³-hybridized carbons (Fsp3) is 0.667. The molecule has 0 saturated heterocycles. The zero-order chi connectivity index (χ0) is 15.3. The molecule has 2 rings (SSSR count). The molecule has 0 aromatic carbocycles. The molecule has 1 fully saturated rings. The Morgan fingerprint density at radius 2 is 2.00 bits per heavy atom. The van der Waals surface area contributed by atoms with Gasteiger partial charge in [-0.05, 0) is 37.7 Å². The SMILES string of the molecule is CCCC1CCC(NS(=O)(=O)c2cnccc2NC)CC1. The number of rotatable bonds is 6. The number of sulfonamides is 1. The predicted octanol–water partition coefficient (Wildman–Crippen LogP) is 2.76. The first-order chi connectivity index (χ1) is 10.1. The summed E-state index contributed by atoms with van der Waals surface area (Å²) < 4.78 is 27.8. The number of nitrogens with zero attached hydrogens (tertiary/aromatic N) is 1. The molecule has 118 valence electrons. The van der Waals surface area contributed by atoms with Gasteiger partial charge in [0.2, 0.25) is 10.0 Å². The van der Waals surface area contributed by atoms with Gasteiger partial charge in [0, 0.05) is 25.5 Å². The standard InChI is InChI=1S/C15H25N3O2S/c1-3-4-12-5-7-13(8-6-12)18-21(19,20)15-11-17-10-9-14(15)16-2/h9-13,18H,3-8H2,1-2H3,(H,16,17). The third kappa shape index (κ3) is 4.17. The highest BCUT2D eigenvalue weighted by Gasteiger charge is 2.26. The molecule has 0 atom stereocenters. The molecular weight excluding hydrogens is 286 g/mol. The van der Waals surface area contributed by atoms with Crippen molar-refractivity contribution >= 4 is 15.7 Å². The van der Waals surface area contributed by atoms with Crippen molar-refractivity contribution in [1.82, 2.24) is 9.71 Å². The van der Waals surface area contributed by atoms with Crippen LogP contribution in [0.4, 0.5) is 5.69 Å². The van der Waals surface area contributed by atoms with Crippen LogP contribution < -0.4 is 10.0 Å². The molecule has 1 aliphatic rings. The summed E-state index contributed by atoms with van der Waals surface area (Å²) in [6.45, 7) is 2.20. The summed E-state index contributed by atoms with van der Waals surface area (Å²) in [5.41, 5.74) is 0.581. The molecule has 0 unspecified atom stereocenters. The van der Waals surface area contributed by atoms with Crippen molar-refractivity contribution < 1.29 is 8.42 Å². The summed E-state index contributed by atoms with van der Waals surface area (Å²) in [4.78, 5) is 4.16. The maximum atomic E-state index is 12.5. The molecule has 0 aliphatic heterocycles. The largest absolute Gasteiger partial charge is 0.387 e. The monoisotopic (exact) mass is 311 g/mol. The summed E-state index contributed by atoms with van der Waals surface area (Å²) in [6.07, 6.45) is 9.55. The summed E-state index contributed by atoms with van der Waals surface area (Å²) in [5, 5.41) is 2.90. The quantitative estimate of drug-likeness (QED) is 0.847. The van der Waals surface area contributed by atoms with Crippen molar-refractivity contribution in [3.05, 3.63) is 18.5 Å². The van der Waals surface area contributed by atoms with Gasteiger partial charge in [-0.3, -0.25) is 4.98 Å². The molecule has 0 spiro atoms. The van der Waals surface area contributed by atoms with E-state index in [-0.39, 0.29) is 10.9 Å². The van der Waals surface area contributed by atoms with Crippen LogP contribution in [-0.2, 0) is 10.0 Å². The van der Waals surface area contributed by atoms with Gasteiger partial charge in [-0.2, -0.15) is 0 Å². The molecule has 21 heavy (non-hydrogen) atoms. The van der Waals surface area contributed by atoms with Gasteiger partial charge in [-0.25, -0.2) is 13.1 Å². The van der Waals surface area contributed by atoms with E-state index >= 15 is 0 Å². The lowest BCUT2D eigenvalue weighted by atomic mass is 9.84. The Hall–Kier alpha value is -1.14. The lowest BCUT2D eigenvalue weighted by Gasteiger charge is -2.28. The second kappa shape index (κ2) is 7.22. The van der Waals surface area contributed by atoms with E-state index in [9.17, 15) is 8.42 Å². The van der Waals surface area contributed by atoms with E-state index in [2.05, 4.69) is 21.9 Å². The van der Waals surface area contributed by atoms with Gasteiger partial charge in [-0.1, -0.05) is 19.8 Å². The van der Waals surface area contributed by atoms with Crippen LogP contribution in [-0.4, -0.2) is 26.5 Å². The summed E-state index contributed by atoms with van der Waals surface area (Å²) in [5.74, 6) is 0.766. The first-order valence-electron chi connectivity index (χ1n) is 7.71. The van der Waals surface area contributed by atoms with E-state index in [4.69, 9.17) is 0 Å². The molecule has 0 amide bonds. The van der Waals surface area contributed by atoms with Crippen molar-refractivity contribution in [2.24, 2.45) is 5.92 Å². The highest BCUT2D eigenvalue weighted by atomic mass is 32.2. The Labute approximate surface area is 127 Å². The Bertz CT molecular complexity index is 552. The molecule has 1 saturated carbocycles. The number of hydrogen-bond acceptors (Lipinski definition) is 4. The van der Waals surface area contributed by atoms with Crippen LogP contribution in [0.2, 0.25) is 0 Å². The fourth-order valence-electron chi connectivity index (χ4n) is 3.06. The number of nitrogens with one attached hydrogen (secondary N) is 2. The van der Waals surface area contributed by atoms with Crippen molar-refractivity contribution in [1.29, 1.82) is 0 Å². The minimum Gasteiger partial charge on any atom is -0.387 e. The second-order valence-corrected chi connectivity index (χ2v) is 7.43. The molecule has 1 aromatic rings. The van der Waals surface area contributed by atoms with Crippen LogP contribution in [0.5, 0.6) is 0 Å². The zero-order valence-corrected chi connectivity index (χ0v) is 13.6. The topological polar surface area (TPSA) is 71.1 Å². The third-order valence-corrected chi connectivity index (χ3v) is 5.76. The normalized spacial score (nSPS) is 23.0. The lowest BCUT2D eigenvalue weighted by molar-refractivity contribution is 0.297. The molecule has 2 N–H and O–H groups in total. The Balaban J connectivity index is 2.02. The van der Waals surface area contributed by atoms with Crippen LogP contribution in [0.3, 0.4) is 0 Å². The summed E-state index contributed by atoms with van der Waals surface area (Å²) in [7, 11) is -1.79. The minimum absolute atomic E-state index is 0.0491. The second-order valence-electron chi connectivity index (χ2n) is 5.75. The van der Waals surface area contributed by atoms with E-state index in [1.807, 2.05) is 0 Å². The van der Waals surface area contributed by atoms with Gasteiger partial charge < -0.3 is 5.32 Å². The highest BCUT2D eigenvalue weighted by molar-refractivity contribution is 7.89. The van der Waals surface area contributed by atoms with Crippen LogP contribution in [0, 0.1) is 5.92 Å². The van der Waals surface area contributed by atoms with Gasteiger partial charge in [0.15, 0.2) is 0 Å². The predicted molar refractivity (Wildman–Crippen MR) is 84.8 cm³/mol. The molecule has 1 aromatic heterocycles. The van der Waals surface area contributed by atoms with E-state index in [1.54, 1.807) is 19.3 Å². The lowest BCUT2D eigenvalue weighted by Crippen LogP contribution is -2.37. The Morgan fingerprint density at radius 1 is 1.29 bits per heavy atom. The van der Waals surface area contributed by atoms with Crippen molar-refractivity contribution in [2.75, 3.05) is 12.4 Å². The van der Waals surface area contributed by atoms with Crippen molar-refractivity contribution in [3.63, 3.8) is 0 Å². The average molecular weight is 311 g/mol. The first-order valence-corrected chi connectivity index (χ1v) is 9.19. The zero-order valence-electron chi connectivity index (χ0n) is 12.8. The highest BCUT2D eigenvalue weighted by Crippen LogP contribution is 2.29.